The number of carbonyl (C=O) groups excluding carboxylic acids is 2. The average molecular weight is 381 g/mol. The fourth-order valence-corrected chi connectivity index (χ4v) is 3.92. The molecule has 1 aromatic rings. The highest BCUT2D eigenvalue weighted by Crippen LogP contribution is 2.19. The second-order valence-electron chi connectivity index (χ2n) is 6.88. The molecule has 2 rings (SSSR count). The number of likely N-dealkylation sites (tertiary alicyclic amines) is 1. The number of thiophene rings is 1. The Bertz CT molecular complexity index is 542. The van der Waals surface area contributed by atoms with Crippen LogP contribution >= 0.6 is 11.3 Å². The van der Waals surface area contributed by atoms with Gasteiger partial charge in [-0.1, -0.05) is 6.07 Å². The molecule has 2 N–H and O–H groups in total. The molecule has 1 aromatic heterocycles. The molecular formula is C19H32N4O2S. The van der Waals surface area contributed by atoms with Crippen LogP contribution in [0, 0.1) is 5.92 Å². The number of nitrogens with one attached hydrogen (secondary N) is 2. The van der Waals surface area contributed by atoms with E-state index in [9.17, 15) is 9.59 Å². The zero-order valence-corrected chi connectivity index (χ0v) is 16.8. The lowest BCUT2D eigenvalue weighted by atomic mass is 9.93. The molecule has 0 aliphatic carbocycles. The van der Waals surface area contributed by atoms with E-state index >= 15 is 0 Å². The minimum absolute atomic E-state index is 0.0486. The summed E-state index contributed by atoms with van der Waals surface area (Å²) < 4.78 is 0. The molecule has 0 saturated carbocycles. The Labute approximate surface area is 160 Å². The van der Waals surface area contributed by atoms with Gasteiger partial charge in [-0.3, -0.25) is 14.5 Å². The predicted molar refractivity (Wildman–Crippen MR) is 106 cm³/mol. The summed E-state index contributed by atoms with van der Waals surface area (Å²) in [6.45, 7) is 6.59. The number of nitrogens with zero attached hydrogens (tertiary/aromatic N) is 2. The summed E-state index contributed by atoms with van der Waals surface area (Å²) in [5.41, 5.74) is 0. The van der Waals surface area contributed by atoms with Gasteiger partial charge >= 0.3 is 0 Å². The van der Waals surface area contributed by atoms with Crippen molar-refractivity contribution in [3.8, 4) is 0 Å². The van der Waals surface area contributed by atoms with E-state index in [0.29, 0.717) is 19.6 Å². The Hall–Kier alpha value is -1.44. The molecule has 6 nitrogen and oxygen atoms in total. The number of likely N-dealkylation sites (N-methyl/N-ethyl adjacent to an activating group) is 1. The van der Waals surface area contributed by atoms with E-state index in [-0.39, 0.29) is 18.4 Å². The monoisotopic (exact) mass is 380 g/mol. The van der Waals surface area contributed by atoms with E-state index in [4.69, 9.17) is 0 Å². The lowest BCUT2D eigenvalue weighted by Gasteiger charge is -2.33. The Morgan fingerprint density at radius 2 is 2.12 bits per heavy atom. The summed E-state index contributed by atoms with van der Waals surface area (Å²) in [5, 5.41) is 8.09. The van der Waals surface area contributed by atoms with Gasteiger partial charge in [-0.25, -0.2) is 0 Å². The summed E-state index contributed by atoms with van der Waals surface area (Å²) in [5.74, 6) is 0.714. The minimum atomic E-state index is -0.0978. The van der Waals surface area contributed by atoms with Gasteiger partial charge in [-0.15, -0.1) is 11.3 Å². The van der Waals surface area contributed by atoms with Crippen molar-refractivity contribution in [3.63, 3.8) is 0 Å². The number of carbonyl (C=O) groups is 2. The first kappa shape index (κ1) is 20.9. The molecule has 1 saturated heterocycles. The second-order valence-corrected chi connectivity index (χ2v) is 7.91. The van der Waals surface area contributed by atoms with Crippen molar-refractivity contribution in [1.82, 2.24) is 20.4 Å². The predicted octanol–water partition coefficient (Wildman–Crippen LogP) is 1.53. The number of rotatable bonds is 10. The highest BCUT2D eigenvalue weighted by Gasteiger charge is 2.23. The molecule has 0 radical (unpaired) electrons. The van der Waals surface area contributed by atoms with Gasteiger partial charge in [-0.2, -0.15) is 0 Å². The van der Waals surface area contributed by atoms with E-state index in [1.54, 1.807) is 16.2 Å². The number of hydrogen-bond acceptors (Lipinski definition) is 5. The Morgan fingerprint density at radius 1 is 1.35 bits per heavy atom. The molecule has 0 spiro atoms. The van der Waals surface area contributed by atoms with Crippen molar-refractivity contribution in [2.45, 2.75) is 32.7 Å². The van der Waals surface area contributed by atoms with Crippen LogP contribution in [0.4, 0.5) is 0 Å². The largest absolute Gasteiger partial charge is 0.350 e. The minimum Gasteiger partial charge on any atom is -0.350 e. The van der Waals surface area contributed by atoms with Crippen molar-refractivity contribution < 1.29 is 9.59 Å². The van der Waals surface area contributed by atoms with Crippen molar-refractivity contribution in [3.05, 3.63) is 22.4 Å². The van der Waals surface area contributed by atoms with Crippen molar-refractivity contribution in [2.75, 3.05) is 46.3 Å². The van der Waals surface area contributed by atoms with Crippen LogP contribution in [0.25, 0.3) is 0 Å². The van der Waals surface area contributed by atoms with Gasteiger partial charge in [0, 0.05) is 11.4 Å². The van der Waals surface area contributed by atoms with Gasteiger partial charge in [0.15, 0.2) is 0 Å². The van der Waals surface area contributed by atoms with Gasteiger partial charge < -0.3 is 15.5 Å². The molecule has 1 fully saturated rings. The molecule has 2 amide bonds. The van der Waals surface area contributed by atoms with E-state index < -0.39 is 0 Å². The molecule has 0 bridgehead atoms. The van der Waals surface area contributed by atoms with Gasteiger partial charge in [0.1, 0.15) is 0 Å². The fourth-order valence-electron chi connectivity index (χ4n) is 3.28. The molecule has 146 valence electrons. The summed E-state index contributed by atoms with van der Waals surface area (Å²) in [4.78, 5) is 29.7. The van der Waals surface area contributed by atoms with Crippen molar-refractivity contribution in [2.24, 2.45) is 5.92 Å². The first-order chi connectivity index (χ1) is 12.6. The maximum atomic E-state index is 12.6. The van der Waals surface area contributed by atoms with Crippen LogP contribution in [0.2, 0.25) is 0 Å². The van der Waals surface area contributed by atoms with Crippen molar-refractivity contribution >= 4 is 23.2 Å². The topological polar surface area (TPSA) is 64.7 Å². The smallest absolute Gasteiger partial charge is 0.239 e. The zero-order chi connectivity index (χ0) is 18.8. The maximum absolute atomic E-state index is 12.6. The molecular weight excluding hydrogens is 348 g/mol. The van der Waals surface area contributed by atoms with Crippen LogP contribution in [0.5, 0.6) is 0 Å². The van der Waals surface area contributed by atoms with Gasteiger partial charge in [0.25, 0.3) is 0 Å². The molecule has 7 heteroatoms. The Morgan fingerprint density at radius 3 is 2.73 bits per heavy atom. The molecule has 1 aliphatic rings. The molecule has 2 heterocycles. The van der Waals surface area contributed by atoms with Crippen LogP contribution in [-0.2, 0) is 16.1 Å². The average Bonchev–Trinajstić information content (AvgIpc) is 3.17. The molecule has 0 atom stereocenters. The first-order valence-electron chi connectivity index (χ1n) is 9.56. The summed E-state index contributed by atoms with van der Waals surface area (Å²) in [6.07, 6.45) is 3.52. The number of piperidine rings is 1. The normalized spacial score (nSPS) is 15.8. The Kier molecular flexibility index (Phi) is 9.08. The standard InChI is InChI=1S/C19H32N4O2S/c1-3-23(14-18(24)21-13-17-5-4-12-26-17)19(25)15-22-10-7-16(8-11-22)6-9-20-2/h4-5,12,16,20H,3,6-11,13-15H2,1-2H3,(H,21,24). The summed E-state index contributed by atoms with van der Waals surface area (Å²) in [6, 6.07) is 3.96. The number of amides is 2. The van der Waals surface area contributed by atoms with E-state index in [2.05, 4.69) is 15.5 Å². The SMILES string of the molecule is CCN(CC(=O)NCc1cccs1)C(=O)CN1CCC(CCNC)CC1. The third-order valence-corrected chi connectivity index (χ3v) is 5.85. The fraction of sp³-hybridized carbons (Fsp3) is 0.684. The van der Waals surface area contributed by atoms with E-state index in [1.807, 2.05) is 31.5 Å². The van der Waals surface area contributed by atoms with Crippen LogP contribution in [0.15, 0.2) is 17.5 Å². The lowest BCUT2D eigenvalue weighted by molar-refractivity contribution is -0.137. The van der Waals surface area contributed by atoms with Gasteiger partial charge in [0.2, 0.25) is 11.8 Å². The Balaban J connectivity index is 1.70. The quantitative estimate of drug-likeness (QED) is 0.646. The van der Waals surface area contributed by atoms with Gasteiger partial charge in [0.05, 0.1) is 19.6 Å². The second kappa shape index (κ2) is 11.3. The molecule has 1 aliphatic heterocycles. The van der Waals surface area contributed by atoms with Crippen LogP contribution < -0.4 is 10.6 Å². The molecule has 0 unspecified atom stereocenters. The van der Waals surface area contributed by atoms with Crippen LogP contribution in [-0.4, -0.2) is 67.9 Å². The highest BCUT2D eigenvalue weighted by atomic mass is 32.1. The maximum Gasteiger partial charge on any atom is 0.239 e. The highest BCUT2D eigenvalue weighted by molar-refractivity contribution is 7.09. The first-order valence-corrected chi connectivity index (χ1v) is 10.4. The molecule has 0 aromatic carbocycles. The number of hydrogen-bond donors (Lipinski definition) is 2. The molecule has 26 heavy (non-hydrogen) atoms. The van der Waals surface area contributed by atoms with Crippen molar-refractivity contribution in [1.29, 1.82) is 0 Å². The third-order valence-electron chi connectivity index (χ3n) is 4.98. The van der Waals surface area contributed by atoms with Gasteiger partial charge in [-0.05, 0) is 70.2 Å². The lowest BCUT2D eigenvalue weighted by Crippen LogP contribution is -2.46. The van der Waals surface area contributed by atoms with E-state index in [0.717, 1.165) is 43.3 Å². The summed E-state index contributed by atoms with van der Waals surface area (Å²) in [7, 11) is 1.99. The summed E-state index contributed by atoms with van der Waals surface area (Å²) >= 11 is 1.62. The van der Waals surface area contributed by atoms with Crippen LogP contribution in [0.1, 0.15) is 31.1 Å². The third kappa shape index (κ3) is 7.05. The zero-order valence-electron chi connectivity index (χ0n) is 16.0. The van der Waals surface area contributed by atoms with E-state index in [1.165, 1.54) is 6.42 Å². The van der Waals surface area contributed by atoms with Crippen LogP contribution in [0.3, 0.4) is 0 Å².